The zero-order chi connectivity index (χ0) is 13.5. The van der Waals surface area contributed by atoms with Crippen LogP contribution in [0, 0.1) is 0 Å². The van der Waals surface area contributed by atoms with Crippen molar-refractivity contribution in [3.8, 4) is 0 Å². The average Bonchev–Trinajstić information content (AvgIpc) is 2.62. The van der Waals surface area contributed by atoms with Crippen LogP contribution in [0.2, 0.25) is 0 Å². The maximum absolute atomic E-state index is 8.99. The Morgan fingerprint density at radius 3 is 2.78 bits per heavy atom. The van der Waals surface area contributed by atoms with Gasteiger partial charge in [0.25, 0.3) is 0 Å². The van der Waals surface area contributed by atoms with E-state index in [0.717, 1.165) is 22.3 Å². The molecule has 1 atom stereocenters. The zero-order valence-electron chi connectivity index (χ0n) is 11.2. The Labute approximate surface area is 117 Å². The molecular formula is C12H22BrN3O2. The summed E-state index contributed by atoms with van der Waals surface area (Å²) in [5, 5.41) is 16.8. The molecule has 0 saturated heterocycles. The number of aromatic nitrogens is 2. The Bertz CT molecular complexity index is 362. The SMILES string of the molecule is CCc1nn(C)c(CNC(CCO)COC)c1Br. The van der Waals surface area contributed by atoms with Crippen molar-refractivity contribution in [3.63, 3.8) is 0 Å². The van der Waals surface area contributed by atoms with Gasteiger partial charge in [-0.05, 0) is 28.8 Å². The van der Waals surface area contributed by atoms with Crippen molar-refractivity contribution in [1.29, 1.82) is 0 Å². The summed E-state index contributed by atoms with van der Waals surface area (Å²) in [4.78, 5) is 0. The third kappa shape index (κ3) is 4.05. The van der Waals surface area contributed by atoms with Crippen LogP contribution in [0.1, 0.15) is 24.7 Å². The van der Waals surface area contributed by atoms with Crippen LogP contribution in [0.25, 0.3) is 0 Å². The third-order valence-electron chi connectivity index (χ3n) is 2.91. The van der Waals surface area contributed by atoms with Gasteiger partial charge in [0.15, 0.2) is 0 Å². The van der Waals surface area contributed by atoms with E-state index in [0.29, 0.717) is 19.6 Å². The molecule has 0 fully saturated rings. The first-order valence-corrected chi connectivity index (χ1v) is 6.96. The van der Waals surface area contributed by atoms with E-state index in [9.17, 15) is 0 Å². The molecule has 0 bridgehead atoms. The van der Waals surface area contributed by atoms with Crippen LogP contribution in [0.3, 0.4) is 0 Å². The highest BCUT2D eigenvalue weighted by atomic mass is 79.9. The number of hydrogen-bond acceptors (Lipinski definition) is 4. The van der Waals surface area contributed by atoms with Crippen molar-refractivity contribution < 1.29 is 9.84 Å². The lowest BCUT2D eigenvalue weighted by Gasteiger charge is -2.17. The molecule has 1 aromatic heterocycles. The van der Waals surface area contributed by atoms with E-state index >= 15 is 0 Å². The number of methoxy groups -OCH3 is 1. The van der Waals surface area contributed by atoms with Crippen LogP contribution in [0.4, 0.5) is 0 Å². The lowest BCUT2D eigenvalue weighted by Crippen LogP contribution is -2.34. The van der Waals surface area contributed by atoms with Gasteiger partial charge in [-0.2, -0.15) is 5.10 Å². The van der Waals surface area contributed by atoms with Gasteiger partial charge < -0.3 is 15.2 Å². The Morgan fingerprint density at radius 2 is 2.28 bits per heavy atom. The third-order valence-corrected chi connectivity index (χ3v) is 3.82. The number of aliphatic hydroxyl groups excluding tert-OH is 1. The Kier molecular flexibility index (Phi) is 6.85. The average molecular weight is 320 g/mol. The topological polar surface area (TPSA) is 59.3 Å². The minimum Gasteiger partial charge on any atom is -0.396 e. The van der Waals surface area contributed by atoms with Crippen LogP contribution >= 0.6 is 15.9 Å². The van der Waals surface area contributed by atoms with Crippen LogP contribution < -0.4 is 5.32 Å². The molecule has 0 aliphatic rings. The first kappa shape index (κ1) is 15.6. The molecule has 2 N–H and O–H groups in total. The van der Waals surface area contributed by atoms with Gasteiger partial charge in [0.2, 0.25) is 0 Å². The number of rotatable bonds is 8. The molecule has 1 unspecified atom stereocenters. The van der Waals surface area contributed by atoms with Crippen molar-refractivity contribution in [3.05, 3.63) is 15.9 Å². The van der Waals surface area contributed by atoms with Crippen LogP contribution in [-0.4, -0.2) is 41.3 Å². The molecule has 0 spiro atoms. The molecule has 5 nitrogen and oxygen atoms in total. The smallest absolute Gasteiger partial charge is 0.0767 e. The van der Waals surface area contributed by atoms with Crippen molar-refractivity contribution >= 4 is 15.9 Å². The molecule has 18 heavy (non-hydrogen) atoms. The van der Waals surface area contributed by atoms with Crippen molar-refractivity contribution in [2.75, 3.05) is 20.3 Å². The second-order valence-corrected chi connectivity index (χ2v) is 5.02. The highest BCUT2D eigenvalue weighted by molar-refractivity contribution is 9.10. The van der Waals surface area contributed by atoms with Gasteiger partial charge in [0.1, 0.15) is 0 Å². The van der Waals surface area contributed by atoms with Crippen LogP contribution in [0.5, 0.6) is 0 Å². The fraction of sp³-hybridized carbons (Fsp3) is 0.750. The summed E-state index contributed by atoms with van der Waals surface area (Å²) in [6.45, 7) is 3.55. The maximum Gasteiger partial charge on any atom is 0.0767 e. The molecular weight excluding hydrogens is 298 g/mol. The quantitative estimate of drug-likeness (QED) is 0.756. The summed E-state index contributed by atoms with van der Waals surface area (Å²) >= 11 is 3.59. The Morgan fingerprint density at radius 1 is 1.56 bits per heavy atom. The van der Waals surface area contributed by atoms with Crippen LogP contribution in [0.15, 0.2) is 4.47 Å². The number of aryl methyl sites for hydroxylation is 2. The van der Waals surface area contributed by atoms with Crippen LogP contribution in [-0.2, 0) is 24.8 Å². The summed E-state index contributed by atoms with van der Waals surface area (Å²) < 4.78 is 8.08. The first-order valence-electron chi connectivity index (χ1n) is 6.17. The number of hydrogen-bond donors (Lipinski definition) is 2. The van der Waals surface area contributed by atoms with Gasteiger partial charge in [-0.3, -0.25) is 4.68 Å². The lowest BCUT2D eigenvalue weighted by atomic mass is 10.2. The normalized spacial score (nSPS) is 12.9. The lowest BCUT2D eigenvalue weighted by molar-refractivity contribution is 0.147. The molecule has 0 aliphatic heterocycles. The van der Waals surface area contributed by atoms with E-state index in [-0.39, 0.29) is 12.6 Å². The summed E-state index contributed by atoms with van der Waals surface area (Å²) in [5.41, 5.74) is 2.19. The predicted molar refractivity (Wildman–Crippen MR) is 74.5 cm³/mol. The van der Waals surface area contributed by atoms with Gasteiger partial charge in [0, 0.05) is 33.4 Å². The van der Waals surface area contributed by atoms with E-state index in [1.165, 1.54) is 0 Å². The molecule has 104 valence electrons. The molecule has 0 aromatic carbocycles. The maximum atomic E-state index is 8.99. The Hall–Kier alpha value is -0.430. The highest BCUT2D eigenvalue weighted by Gasteiger charge is 2.14. The van der Waals surface area contributed by atoms with Gasteiger partial charge in [-0.25, -0.2) is 0 Å². The molecule has 0 aliphatic carbocycles. The second kappa shape index (κ2) is 7.89. The van der Waals surface area contributed by atoms with E-state index in [2.05, 4.69) is 33.3 Å². The number of nitrogens with zero attached hydrogens (tertiary/aromatic N) is 2. The van der Waals surface area contributed by atoms with Gasteiger partial charge in [0.05, 0.1) is 22.5 Å². The van der Waals surface area contributed by atoms with Crippen molar-refractivity contribution in [2.24, 2.45) is 7.05 Å². The van der Waals surface area contributed by atoms with Crippen molar-refractivity contribution in [1.82, 2.24) is 15.1 Å². The molecule has 6 heteroatoms. The van der Waals surface area contributed by atoms with E-state index in [1.807, 2.05) is 11.7 Å². The fourth-order valence-electron chi connectivity index (χ4n) is 1.85. The molecule has 0 radical (unpaired) electrons. The van der Waals surface area contributed by atoms with Crippen molar-refractivity contribution in [2.45, 2.75) is 32.4 Å². The zero-order valence-corrected chi connectivity index (χ0v) is 12.8. The number of aliphatic hydroxyl groups is 1. The molecule has 0 saturated carbocycles. The number of ether oxygens (including phenoxy) is 1. The predicted octanol–water partition coefficient (Wildman–Crippen LogP) is 1.23. The van der Waals surface area contributed by atoms with E-state index < -0.39 is 0 Å². The summed E-state index contributed by atoms with van der Waals surface area (Å²) in [7, 11) is 3.61. The largest absolute Gasteiger partial charge is 0.396 e. The standard InChI is InChI=1S/C12H22BrN3O2/c1-4-10-12(13)11(16(2)15-10)7-14-9(5-6-17)8-18-3/h9,14,17H,4-8H2,1-3H3. The number of halogens is 1. The second-order valence-electron chi connectivity index (χ2n) is 4.23. The molecule has 1 aromatic rings. The number of nitrogens with one attached hydrogen (secondary N) is 1. The molecule has 1 heterocycles. The van der Waals surface area contributed by atoms with E-state index in [4.69, 9.17) is 9.84 Å². The van der Waals surface area contributed by atoms with Gasteiger partial charge in [-0.1, -0.05) is 6.92 Å². The van der Waals surface area contributed by atoms with Gasteiger partial charge in [-0.15, -0.1) is 0 Å². The highest BCUT2D eigenvalue weighted by Crippen LogP contribution is 2.21. The van der Waals surface area contributed by atoms with E-state index in [1.54, 1.807) is 7.11 Å². The summed E-state index contributed by atoms with van der Waals surface area (Å²) in [6.07, 6.45) is 1.59. The monoisotopic (exact) mass is 319 g/mol. The first-order chi connectivity index (χ1) is 8.63. The molecule has 0 amide bonds. The minimum absolute atomic E-state index is 0.159. The van der Waals surface area contributed by atoms with Gasteiger partial charge >= 0.3 is 0 Å². The Balaban J connectivity index is 2.63. The summed E-state index contributed by atoms with van der Waals surface area (Å²) in [5.74, 6) is 0. The summed E-state index contributed by atoms with van der Waals surface area (Å²) in [6, 6.07) is 0.159. The fourth-order valence-corrected chi connectivity index (χ4v) is 2.61. The molecule has 1 rings (SSSR count). The minimum atomic E-state index is 0.159.